The average molecular weight is 208 g/mol. The number of aryl methyl sites for hydroxylation is 1. The highest BCUT2D eigenvalue weighted by Gasteiger charge is 2.11. The Hall–Kier alpha value is -0.740. The van der Waals surface area contributed by atoms with Crippen LogP contribution in [0.5, 0.6) is 0 Å². The number of nitrogen functional groups attached to an aromatic ring is 1. The van der Waals surface area contributed by atoms with Crippen LogP contribution in [0.4, 0.5) is 5.00 Å². The minimum atomic E-state index is -0.369. The van der Waals surface area contributed by atoms with E-state index in [9.17, 15) is 4.79 Å². The van der Waals surface area contributed by atoms with Crippen molar-refractivity contribution >= 4 is 34.7 Å². The maximum absolute atomic E-state index is 11.0. The number of anilines is 1. The predicted octanol–water partition coefficient (Wildman–Crippen LogP) is 1.85. The first-order chi connectivity index (χ1) is 5.15. The first-order valence-electron chi connectivity index (χ1n) is 3.09. The summed E-state index contributed by atoms with van der Waals surface area (Å²) >= 11 is 1.39. The number of esters is 1. The highest BCUT2D eigenvalue weighted by Crippen LogP contribution is 2.24. The van der Waals surface area contributed by atoms with Gasteiger partial charge in [-0.2, -0.15) is 0 Å². The number of carbonyl (C=O) groups excluding carboxylic acids is 1. The summed E-state index contributed by atoms with van der Waals surface area (Å²) in [6, 6.07) is 1.73. The summed E-state index contributed by atoms with van der Waals surface area (Å²) in [4.78, 5) is 12.0. The molecule has 3 nitrogen and oxygen atoms in total. The van der Waals surface area contributed by atoms with Gasteiger partial charge in [0.15, 0.2) is 0 Å². The number of hydrogen-bond acceptors (Lipinski definition) is 4. The van der Waals surface area contributed by atoms with Crippen molar-refractivity contribution in [3.63, 3.8) is 0 Å². The number of hydrogen-bond donors (Lipinski definition) is 1. The average Bonchev–Trinajstić information content (AvgIpc) is 2.28. The van der Waals surface area contributed by atoms with Crippen LogP contribution < -0.4 is 5.73 Å². The lowest BCUT2D eigenvalue weighted by Crippen LogP contribution is -2.01. The van der Waals surface area contributed by atoms with Gasteiger partial charge in [0.25, 0.3) is 0 Å². The van der Waals surface area contributed by atoms with E-state index in [1.807, 2.05) is 6.92 Å². The lowest BCUT2D eigenvalue weighted by atomic mass is 10.3. The molecule has 1 heterocycles. The molecule has 0 fully saturated rings. The fourth-order valence-corrected chi connectivity index (χ4v) is 1.58. The Morgan fingerprint density at radius 3 is 2.58 bits per heavy atom. The fraction of sp³-hybridized carbons (Fsp3) is 0.286. The lowest BCUT2D eigenvalue weighted by molar-refractivity contribution is 0.0602. The van der Waals surface area contributed by atoms with Crippen molar-refractivity contribution in [3.05, 3.63) is 16.5 Å². The van der Waals surface area contributed by atoms with Crippen LogP contribution >= 0.6 is 23.7 Å². The molecule has 0 bridgehead atoms. The second-order valence-electron chi connectivity index (χ2n) is 2.13. The van der Waals surface area contributed by atoms with Crippen molar-refractivity contribution in [2.45, 2.75) is 6.92 Å². The van der Waals surface area contributed by atoms with Gasteiger partial charge in [-0.25, -0.2) is 4.79 Å². The molecule has 1 aromatic heterocycles. The molecule has 0 saturated carbocycles. The Labute approximate surface area is 80.9 Å². The van der Waals surface area contributed by atoms with Gasteiger partial charge in [-0.05, 0) is 13.0 Å². The Morgan fingerprint density at radius 2 is 2.25 bits per heavy atom. The Balaban J connectivity index is 0.00000121. The van der Waals surface area contributed by atoms with Crippen LogP contribution in [0.25, 0.3) is 0 Å². The van der Waals surface area contributed by atoms with E-state index in [1.54, 1.807) is 6.07 Å². The molecule has 0 amide bonds. The lowest BCUT2D eigenvalue weighted by Gasteiger charge is -1.94. The molecular weight excluding hydrogens is 198 g/mol. The first kappa shape index (κ1) is 11.3. The molecule has 5 heteroatoms. The molecule has 68 valence electrons. The van der Waals surface area contributed by atoms with Crippen LogP contribution in [0, 0.1) is 6.92 Å². The van der Waals surface area contributed by atoms with Crippen LogP contribution in [-0.4, -0.2) is 13.1 Å². The minimum Gasteiger partial charge on any atom is -0.465 e. The van der Waals surface area contributed by atoms with E-state index in [0.29, 0.717) is 10.6 Å². The van der Waals surface area contributed by atoms with Gasteiger partial charge in [0.1, 0.15) is 5.00 Å². The van der Waals surface area contributed by atoms with Gasteiger partial charge in [0, 0.05) is 4.88 Å². The van der Waals surface area contributed by atoms with Crippen molar-refractivity contribution in [1.29, 1.82) is 0 Å². The Kier molecular flexibility index (Phi) is 4.06. The zero-order chi connectivity index (χ0) is 8.43. The third kappa shape index (κ3) is 2.12. The monoisotopic (exact) mass is 207 g/mol. The van der Waals surface area contributed by atoms with Crippen molar-refractivity contribution in [3.8, 4) is 0 Å². The quantitative estimate of drug-likeness (QED) is 0.716. The van der Waals surface area contributed by atoms with E-state index in [4.69, 9.17) is 5.73 Å². The van der Waals surface area contributed by atoms with Crippen LogP contribution in [0.3, 0.4) is 0 Å². The third-order valence-electron chi connectivity index (χ3n) is 1.29. The predicted molar refractivity (Wildman–Crippen MR) is 52.1 cm³/mol. The Bertz CT molecular complexity index is 285. The van der Waals surface area contributed by atoms with Gasteiger partial charge < -0.3 is 10.5 Å². The molecule has 0 aromatic carbocycles. The number of nitrogens with two attached hydrogens (primary N) is 1. The topological polar surface area (TPSA) is 52.3 Å². The van der Waals surface area contributed by atoms with Gasteiger partial charge in [0.2, 0.25) is 0 Å². The summed E-state index contributed by atoms with van der Waals surface area (Å²) in [5.41, 5.74) is 6.00. The van der Waals surface area contributed by atoms with Crippen LogP contribution in [0.1, 0.15) is 15.2 Å². The second-order valence-corrected chi connectivity index (χ2v) is 3.41. The minimum absolute atomic E-state index is 0. The zero-order valence-corrected chi connectivity index (χ0v) is 8.42. The highest BCUT2D eigenvalue weighted by molar-refractivity contribution is 7.16. The summed E-state index contributed by atoms with van der Waals surface area (Å²) in [6.07, 6.45) is 0. The molecular formula is C7H10ClNO2S. The molecule has 0 radical (unpaired) electrons. The van der Waals surface area contributed by atoms with Gasteiger partial charge in [0.05, 0.1) is 12.7 Å². The third-order valence-corrected chi connectivity index (χ3v) is 2.17. The highest BCUT2D eigenvalue weighted by atomic mass is 35.5. The number of ether oxygens (including phenoxy) is 1. The molecule has 1 aromatic rings. The van der Waals surface area contributed by atoms with E-state index >= 15 is 0 Å². The van der Waals surface area contributed by atoms with Gasteiger partial charge >= 0.3 is 5.97 Å². The number of rotatable bonds is 1. The van der Waals surface area contributed by atoms with Crippen LogP contribution in [0.2, 0.25) is 0 Å². The number of methoxy groups -OCH3 is 1. The normalized spacial score (nSPS) is 8.83. The summed E-state index contributed by atoms with van der Waals surface area (Å²) in [7, 11) is 1.34. The molecule has 0 unspecified atom stereocenters. The number of carbonyl (C=O) groups is 1. The van der Waals surface area contributed by atoms with Crippen LogP contribution in [0.15, 0.2) is 6.07 Å². The summed E-state index contributed by atoms with van der Waals surface area (Å²) in [5.74, 6) is -0.369. The molecule has 0 aliphatic rings. The van der Waals surface area contributed by atoms with Crippen molar-refractivity contribution in [1.82, 2.24) is 0 Å². The molecule has 0 atom stereocenters. The molecule has 2 N–H and O–H groups in total. The largest absolute Gasteiger partial charge is 0.465 e. The van der Waals surface area contributed by atoms with E-state index in [1.165, 1.54) is 18.4 Å². The maximum atomic E-state index is 11.0. The smallest absolute Gasteiger partial charge is 0.340 e. The maximum Gasteiger partial charge on any atom is 0.340 e. The summed E-state index contributed by atoms with van der Waals surface area (Å²) in [6.45, 7) is 1.90. The summed E-state index contributed by atoms with van der Waals surface area (Å²) < 4.78 is 4.52. The van der Waals surface area contributed by atoms with Gasteiger partial charge in [-0.1, -0.05) is 0 Å². The number of thiophene rings is 1. The second kappa shape index (κ2) is 4.33. The molecule has 1 rings (SSSR count). The SMILES string of the molecule is COC(=O)c1cc(C)sc1N.Cl. The fourth-order valence-electron chi connectivity index (χ4n) is 0.802. The molecule has 0 saturated heterocycles. The van der Waals surface area contributed by atoms with Crippen molar-refractivity contribution in [2.24, 2.45) is 0 Å². The van der Waals surface area contributed by atoms with Crippen molar-refractivity contribution < 1.29 is 9.53 Å². The zero-order valence-electron chi connectivity index (χ0n) is 6.79. The van der Waals surface area contributed by atoms with Gasteiger partial charge in [-0.3, -0.25) is 0 Å². The van der Waals surface area contributed by atoms with E-state index < -0.39 is 0 Å². The van der Waals surface area contributed by atoms with E-state index in [-0.39, 0.29) is 18.4 Å². The van der Waals surface area contributed by atoms with E-state index in [2.05, 4.69) is 4.74 Å². The molecule has 0 aliphatic heterocycles. The molecule has 0 spiro atoms. The molecule has 0 aliphatic carbocycles. The van der Waals surface area contributed by atoms with Crippen molar-refractivity contribution in [2.75, 3.05) is 12.8 Å². The van der Waals surface area contributed by atoms with E-state index in [0.717, 1.165) is 4.88 Å². The van der Waals surface area contributed by atoms with Crippen LogP contribution in [-0.2, 0) is 4.74 Å². The first-order valence-corrected chi connectivity index (χ1v) is 3.91. The standard InChI is InChI=1S/C7H9NO2S.ClH/c1-4-3-5(6(8)11-4)7(9)10-2;/h3H,8H2,1-2H3;1H. The Morgan fingerprint density at radius 1 is 1.67 bits per heavy atom. The number of halogens is 1. The summed E-state index contributed by atoms with van der Waals surface area (Å²) in [5, 5.41) is 0.523. The molecule has 12 heavy (non-hydrogen) atoms. The van der Waals surface area contributed by atoms with Gasteiger partial charge in [-0.15, -0.1) is 23.7 Å².